The van der Waals surface area contributed by atoms with E-state index in [2.05, 4.69) is 10.3 Å². The Labute approximate surface area is 109 Å². The van der Waals surface area contributed by atoms with E-state index in [-0.39, 0.29) is 5.82 Å². The summed E-state index contributed by atoms with van der Waals surface area (Å²) in [5, 5.41) is 12.3. The molecule has 2 rings (SSSR count). The summed E-state index contributed by atoms with van der Waals surface area (Å²) >= 11 is 0. The molecule has 0 bridgehead atoms. The number of aliphatic carboxylic acids is 1. The SMILES string of the molecule is CC(Nc1ccc(F)cc1)(C(=O)O)c1ccccn1. The summed E-state index contributed by atoms with van der Waals surface area (Å²) in [6.45, 7) is 1.51. The highest BCUT2D eigenvalue weighted by Gasteiger charge is 2.36. The molecule has 0 aliphatic rings. The van der Waals surface area contributed by atoms with Crippen LogP contribution in [0.25, 0.3) is 0 Å². The van der Waals surface area contributed by atoms with Crippen molar-refractivity contribution in [3.8, 4) is 0 Å². The molecule has 0 spiro atoms. The first kappa shape index (κ1) is 13.0. The first-order valence-corrected chi connectivity index (χ1v) is 5.71. The van der Waals surface area contributed by atoms with Crippen LogP contribution in [0.5, 0.6) is 0 Å². The van der Waals surface area contributed by atoms with Gasteiger partial charge in [-0.05, 0) is 43.3 Å². The lowest BCUT2D eigenvalue weighted by atomic mass is 9.96. The Morgan fingerprint density at radius 3 is 2.47 bits per heavy atom. The summed E-state index contributed by atoms with van der Waals surface area (Å²) < 4.78 is 12.8. The number of halogens is 1. The van der Waals surface area contributed by atoms with E-state index in [1.54, 1.807) is 18.2 Å². The van der Waals surface area contributed by atoms with Crippen LogP contribution >= 0.6 is 0 Å². The molecule has 0 aliphatic carbocycles. The van der Waals surface area contributed by atoms with E-state index in [1.165, 1.54) is 37.4 Å². The number of carboxylic acid groups (broad SMARTS) is 1. The fraction of sp³-hybridized carbons (Fsp3) is 0.143. The van der Waals surface area contributed by atoms with E-state index in [1.807, 2.05) is 0 Å². The Bertz CT molecular complexity index is 572. The molecule has 0 amide bonds. The van der Waals surface area contributed by atoms with Gasteiger partial charge in [-0.15, -0.1) is 0 Å². The van der Waals surface area contributed by atoms with Gasteiger partial charge in [0.2, 0.25) is 0 Å². The molecular weight excluding hydrogens is 247 g/mol. The van der Waals surface area contributed by atoms with Gasteiger partial charge in [-0.2, -0.15) is 0 Å². The Kier molecular flexibility index (Phi) is 3.46. The maximum atomic E-state index is 12.8. The normalized spacial score (nSPS) is 13.6. The number of aromatic nitrogens is 1. The van der Waals surface area contributed by atoms with E-state index < -0.39 is 11.5 Å². The molecule has 0 radical (unpaired) electrons. The number of anilines is 1. The largest absolute Gasteiger partial charge is 0.479 e. The van der Waals surface area contributed by atoms with Crippen molar-refractivity contribution in [3.05, 3.63) is 60.2 Å². The third-order valence-corrected chi connectivity index (χ3v) is 2.84. The van der Waals surface area contributed by atoms with Crippen molar-refractivity contribution in [3.63, 3.8) is 0 Å². The Morgan fingerprint density at radius 2 is 1.95 bits per heavy atom. The van der Waals surface area contributed by atoms with E-state index in [9.17, 15) is 14.3 Å². The molecule has 1 unspecified atom stereocenters. The first-order chi connectivity index (χ1) is 9.02. The topological polar surface area (TPSA) is 62.2 Å². The number of pyridine rings is 1. The smallest absolute Gasteiger partial charge is 0.335 e. The highest BCUT2D eigenvalue weighted by molar-refractivity contribution is 5.83. The van der Waals surface area contributed by atoms with Gasteiger partial charge in [-0.25, -0.2) is 9.18 Å². The molecule has 0 aliphatic heterocycles. The summed E-state index contributed by atoms with van der Waals surface area (Å²) in [5.41, 5.74) is -0.484. The van der Waals surface area contributed by atoms with Crippen molar-refractivity contribution in [2.24, 2.45) is 0 Å². The van der Waals surface area contributed by atoms with Crippen LogP contribution < -0.4 is 5.32 Å². The molecule has 0 saturated heterocycles. The molecule has 5 heteroatoms. The van der Waals surface area contributed by atoms with Gasteiger partial charge < -0.3 is 10.4 Å². The number of carboxylic acids is 1. The minimum absolute atomic E-state index is 0.375. The molecule has 0 saturated carbocycles. The van der Waals surface area contributed by atoms with Gasteiger partial charge in [-0.1, -0.05) is 6.07 Å². The molecule has 2 aromatic rings. The van der Waals surface area contributed by atoms with Gasteiger partial charge in [0, 0.05) is 11.9 Å². The molecule has 1 aromatic carbocycles. The van der Waals surface area contributed by atoms with Crippen LogP contribution in [-0.2, 0) is 10.3 Å². The first-order valence-electron chi connectivity index (χ1n) is 5.71. The third kappa shape index (κ3) is 2.70. The minimum Gasteiger partial charge on any atom is -0.479 e. The van der Waals surface area contributed by atoms with E-state index in [4.69, 9.17) is 0 Å². The van der Waals surface area contributed by atoms with E-state index in [0.717, 1.165) is 0 Å². The second-order valence-electron chi connectivity index (χ2n) is 4.28. The molecule has 98 valence electrons. The van der Waals surface area contributed by atoms with Crippen LogP contribution in [0.3, 0.4) is 0 Å². The highest BCUT2D eigenvalue weighted by Crippen LogP contribution is 2.25. The molecule has 19 heavy (non-hydrogen) atoms. The number of rotatable bonds is 4. The van der Waals surface area contributed by atoms with Crippen LogP contribution in [0.4, 0.5) is 10.1 Å². The summed E-state index contributed by atoms with van der Waals surface area (Å²) in [6, 6.07) is 10.6. The fourth-order valence-corrected chi connectivity index (χ4v) is 1.71. The maximum absolute atomic E-state index is 12.8. The van der Waals surface area contributed by atoms with Gasteiger partial charge in [0.15, 0.2) is 5.54 Å². The minimum atomic E-state index is -1.38. The van der Waals surface area contributed by atoms with Crippen LogP contribution in [-0.4, -0.2) is 16.1 Å². The lowest BCUT2D eigenvalue weighted by Gasteiger charge is -2.26. The van der Waals surface area contributed by atoms with Crippen molar-refractivity contribution < 1.29 is 14.3 Å². The van der Waals surface area contributed by atoms with E-state index in [0.29, 0.717) is 11.4 Å². The number of hydrogen-bond donors (Lipinski definition) is 2. The lowest BCUT2D eigenvalue weighted by molar-refractivity contribution is -0.142. The Hall–Kier alpha value is -2.43. The number of nitrogens with one attached hydrogen (secondary N) is 1. The number of hydrogen-bond acceptors (Lipinski definition) is 3. The van der Waals surface area contributed by atoms with Gasteiger partial charge in [0.25, 0.3) is 0 Å². The maximum Gasteiger partial charge on any atom is 0.335 e. The second-order valence-corrected chi connectivity index (χ2v) is 4.28. The van der Waals surface area contributed by atoms with Crippen LogP contribution in [0.15, 0.2) is 48.7 Å². The molecule has 1 heterocycles. The molecule has 2 N–H and O–H groups in total. The zero-order valence-corrected chi connectivity index (χ0v) is 10.3. The zero-order chi connectivity index (χ0) is 13.9. The van der Waals surface area contributed by atoms with Crippen LogP contribution in [0.2, 0.25) is 0 Å². The summed E-state index contributed by atoms with van der Waals surface area (Å²) in [4.78, 5) is 15.6. The standard InChI is InChI=1S/C14H13FN2O2/c1-14(13(18)19,12-4-2-3-9-16-12)17-11-7-5-10(15)6-8-11/h2-9,17H,1H3,(H,18,19). The molecule has 4 nitrogen and oxygen atoms in total. The average molecular weight is 260 g/mol. The quantitative estimate of drug-likeness (QED) is 0.887. The fourth-order valence-electron chi connectivity index (χ4n) is 1.71. The highest BCUT2D eigenvalue weighted by atomic mass is 19.1. The van der Waals surface area contributed by atoms with Crippen molar-refractivity contribution in [2.75, 3.05) is 5.32 Å². The van der Waals surface area contributed by atoms with Gasteiger partial charge in [0.1, 0.15) is 5.82 Å². The van der Waals surface area contributed by atoms with Crippen molar-refractivity contribution in [2.45, 2.75) is 12.5 Å². The van der Waals surface area contributed by atoms with E-state index >= 15 is 0 Å². The number of benzene rings is 1. The second kappa shape index (κ2) is 5.06. The van der Waals surface area contributed by atoms with Gasteiger partial charge in [-0.3, -0.25) is 4.98 Å². The predicted molar refractivity (Wildman–Crippen MR) is 69.2 cm³/mol. The Balaban J connectivity index is 2.36. The predicted octanol–water partition coefficient (Wildman–Crippen LogP) is 2.63. The lowest BCUT2D eigenvalue weighted by Crippen LogP contribution is -2.41. The summed E-state index contributed by atoms with van der Waals surface area (Å²) in [7, 11) is 0. The molecule has 0 fully saturated rings. The molecule has 1 aromatic heterocycles. The van der Waals surface area contributed by atoms with Crippen LogP contribution in [0.1, 0.15) is 12.6 Å². The number of carbonyl (C=O) groups is 1. The zero-order valence-electron chi connectivity index (χ0n) is 10.3. The van der Waals surface area contributed by atoms with Crippen LogP contribution in [0, 0.1) is 5.82 Å². The monoisotopic (exact) mass is 260 g/mol. The summed E-state index contributed by atoms with van der Waals surface area (Å²) in [5.74, 6) is -1.43. The van der Waals surface area contributed by atoms with Crippen molar-refractivity contribution in [1.82, 2.24) is 4.98 Å². The Morgan fingerprint density at radius 1 is 1.26 bits per heavy atom. The average Bonchev–Trinajstić information content (AvgIpc) is 2.42. The van der Waals surface area contributed by atoms with Crippen molar-refractivity contribution >= 4 is 11.7 Å². The third-order valence-electron chi connectivity index (χ3n) is 2.84. The molecular formula is C14H13FN2O2. The van der Waals surface area contributed by atoms with Gasteiger partial charge in [0.05, 0.1) is 5.69 Å². The van der Waals surface area contributed by atoms with Gasteiger partial charge >= 0.3 is 5.97 Å². The number of nitrogens with zero attached hydrogens (tertiary/aromatic N) is 1. The van der Waals surface area contributed by atoms with Crippen molar-refractivity contribution in [1.29, 1.82) is 0 Å². The summed E-state index contributed by atoms with van der Waals surface area (Å²) in [6.07, 6.45) is 1.53. The molecule has 1 atom stereocenters.